The molecule has 2 aromatic rings. The van der Waals surface area contributed by atoms with E-state index >= 15 is 0 Å². The maximum Gasteiger partial charge on any atom is 0.343 e. The molecule has 1 aromatic carbocycles. The summed E-state index contributed by atoms with van der Waals surface area (Å²) < 4.78 is 11.5. The summed E-state index contributed by atoms with van der Waals surface area (Å²) in [4.78, 5) is 36.5. The molecule has 0 atom stereocenters. The first-order valence-corrected chi connectivity index (χ1v) is 7.18. The van der Waals surface area contributed by atoms with E-state index < -0.39 is 17.3 Å². The van der Waals surface area contributed by atoms with E-state index in [1.807, 2.05) is 30.3 Å². The first kappa shape index (κ1) is 15.6. The lowest BCUT2D eigenvalue weighted by molar-refractivity contribution is 0.0596. The van der Waals surface area contributed by atoms with Crippen molar-refractivity contribution in [3.8, 4) is 5.75 Å². The van der Waals surface area contributed by atoms with Gasteiger partial charge in [0.25, 0.3) is 5.91 Å². The molecule has 24 heavy (non-hydrogen) atoms. The van der Waals surface area contributed by atoms with Crippen LogP contribution in [-0.2, 0) is 11.3 Å². The van der Waals surface area contributed by atoms with Crippen molar-refractivity contribution in [2.75, 3.05) is 19.2 Å². The van der Waals surface area contributed by atoms with Crippen molar-refractivity contribution in [2.45, 2.75) is 6.61 Å². The number of esters is 1. The van der Waals surface area contributed by atoms with E-state index in [2.05, 4.69) is 15.5 Å². The van der Waals surface area contributed by atoms with Gasteiger partial charge in [0.05, 0.1) is 7.11 Å². The number of aromatic nitrogens is 1. The highest BCUT2D eigenvalue weighted by atomic mass is 16.5. The number of rotatable bonds is 4. The van der Waals surface area contributed by atoms with Crippen LogP contribution in [0.2, 0.25) is 0 Å². The number of ether oxygens (including phenoxy) is 2. The molecule has 1 aliphatic rings. The minimum absolute atomic E-state index is 0.00911. The van der Waals surface area contributed by atoms with Gasteiger partial charge < -0.3 is 20.2 Å². The molecule has 8 heteroatoms. The number of hydrogen-bond acceptors (Lipinski definition) is 6. The largest absolute Gasteiger partial charge is 0.482 e. The molecule has 1 aliphatic heterocycles. The third-order valence-electron chi connectivity index (χ3n) is 3.51. The standard InChI is InChI=1S/C16H15N3O5/c1-23-16(22)11-7-19-12(15(21)17-9-18-19)14(13(11)20)24-8-10-5-3-2-4-6-10/h2-7,18H,8-9H2,1H3,(H,17,21). The van der Waals surface area contributed by atoms with Crippen LogP contribution in [0, 0.1) is 0 Å². The van der Waals surface area contributed by atoms with Gasteiger partial charge in [0.2, 0.25) is 5.43 Å². The Balaban J connectivity index is 2.06. The second-order valence-electron chi connectivity index (χ2n) is 5.03. The maximum absolute atomic E-state index is 12.6. The van der Waals surface area contributed by atoms with Crippen molar-refractivity contribution >= 4 is 11.9 Å². The van der Waals surface area contributed by atoms with E-state index in [9.17, 15) is 14.4 Å². The number of amides is 1. The molecule has 0 saturated carbocycles. The summed E-state index contributed by atoms with van der Waals surface area (Å²) in [5.74, 6) is -1.47. The molecule has 2 N–H and O–H groups in total. The van der Waals surface area contributed by atoms with Crippen molar-refractivity contribution in [1.82, 2.24) is 9.99 Å². The molecule has 0 radical (unpaired) electrons. The molecule has 0 bridgehead atoms. The van der Waals surface area contributed by atoms with Crippen LogP contribution >= 0.6 is 0 Å². The van der Waals surface area contributed by atoms with Gasteiger partial charge in [-0.2, -0.15) is 0 Å². The van der Waals surface area contributed by atoms with Crippen LogP contribution in [0.5, 0.6) is 5.75 Å². The van der Waals surface area contributed by atoms with E-state index in [0.29, 0.717) is 0 Å². The van der Waals surface area contributed by atoms with Gasteiger partial charge in [-0.15, -0.1) is 0 Å². The van der Waals surface area contributed by atoms with Crippen LogP contribution in [-0.4, -0.2) is 30.3 Å². The van der Waals surface area contributed by atoms with Gasteiger partial charge in [0, 0.05) is 6.20 Å². The summed E-state index contributed by atoms with van der Waals surface area (Å²) in [6, 6.07) is 9.18. The normalized spacial score (nSPS) is 12.6. The predicted octanol–water partition coefficient (Wildman–Crippen LogP) is 0.458. The Labute approximate surface area is 137 Å². The van der Waals surface area contributed by atoms with Crippen molar-refractivity contribution < 1.29 is 19.1 Å². The van der Waals surface area contributed by atoms with E-state index in [0.717, 1.165) is 5.56 Å². The Bertz CT molecular complexity index is 845. The molecule has 1 amide bonds. The van der Waals surface area contributed by atoms with Gasteiger partial charge in [-0.1, -0.05) is 30.3 Å². The molecule has 0 unspecified atom stereocenters. The van der Waals surface area contributed by atoms with Crippen molar-refractivity contribution in [3.63, 3.8) is 0 Å². The number of nitrogens with zero attached hydrogens (tertiary/aromatic N) is 1. The Morgan fingerprint density at radius 3 is 2.71 bits per heavy atom. The second-order valence-corrected chi connectivity index (χ2v) is 5.03. The van der Waals surface area contributed by atoms with Gasteiger partial charge in [-0.25, -0.2) is 4.79 Å². The molecule has 2 heterocycles. The van der Waals surface area contributed by atoms with Crippen molar-refractivity contribution in [1.29, 1.82) is 0 Å². The molecule has 0 spiro atoms. The fourth-order valence-corrected chi connectivity index (χ4v) is 2.34. The smallest absolute Gasteiger partial charge is 0.343 e. The van der Waals surface area contributed by atoms with Gasteiger partial charge in [0.1, 0.15) is 18.8 Å². The number of fused-ring (bicyclic) bond motifs is 1. The fraction of sp³-hybridized carbons (Fsp3) is 0.188. The van der Waals surface area contributed by atoms with Crippen LogP contribution in [0.1, 0.15) is 26.4 Å². The first-order chi connectivity index (χ1) is 11.6. The SMILES string of the molecule is COC(=O)c1cn2c(c(OCc3ccccc3)c1=O)C(=O)NCN2. The van der Waals surface area contributed by atoms with Crippen molar-refractivity contribution in [3.05, 3.63) is 63.6 Å². The zero-order valence-corrected chi connectivity index (χ0v) is 12.9. The van der Waals surface area contributed by atoms with E-state index in [-0.39, 0.29) is 30.3 Å². The number of carbonyl (C=O) groups excluding carboxylic acids is 2. The number of hydrogen-bond donors (Lipinski definition) is 2. The van der Waals surface area contributed by atoms with Gasteiger partial charge in [-0.3, -0.25) is 14.3 Å². The minimum atomic E-state index is -0.798. The first-order valence-electron chi connectivity index (χ1n) is 7.18. The van der Waals surface area contributed by atoms with Crippen LogP contribution in [0.15, 0.2) is 41.3 Å². The number of pyridine rings is 1. The zero-order chi connectivity index (χ0) is 17.1. The third-order valence-corrected chi connectivity index (χ3v) is 3.51. The van der Waals surface area contributed by atoms with E-state index in [1.165, 1.54) is 18.0 Å². The number of nitrogens with one attached hydrogen (secondary N) is 2. The number of benzene rings is 1. The summed E-state index contributed by atoms with van der Waals surface area (Å²) >= 11 is 0. The molecular weight excluding hydrogens is 314 g/mol. The second kappa shape index (κ2) is 6.45. The van der Waals surface area contributed by atoms with Gasteiger partial charge in [0.15, 0.2) is 11.4 Å². The fourth-order valence-electron chi connectivity index (χ4n) is 2.34. The topological polar surface area (TPSA) is 98.7 Å². The minimum Gasteiger partial charge on any atom is -0.482 e. The van der Waals surface area contributed by atoms with Crippen LogP contribution in [0.25, 0.3) is 0 Å². The highest BCUT2D eigenvalue weighted by Gasteiger charge is 2.28. The Morgan fingerprint density at radius 2 is 2.00 bits per heavy atom. The summed E-state index contributed by atoms with van der Waals surface area (Å²) in [6.07, 6.45) is 1.23. The van der Waals surface area contributed by atoms with Crippen LogP contribution < -0.4 is 20.9 Å². The Hall–Kier alpha value is -3.29. The molecule has 0 fully saturated rings. The Morgan fingerprint density at radius 1 is 1.25 bits per heavy atom. The monoisotopic (exact) mass is 329 g/mol. The lowest BCUT2D eigenvalue weighted by atomic mass is 10.2. The van der Waals surface area contributed by atoms with Crippen LogP contribution in [0.3, 0.4) is 0 Å². The molecule has 3 rings (SSSR count). The van der Waals surface area contributed by atoms with E-state index in [4.69, 9.17) is 4.74 Å². The average molecular weight is 329 g/mol. The van der Waals surface area contributed by atoms with Crippen LogP contribution in [0.4, 0.5) is 0 Å². The summed E-state index contributed by atoms with van der Waals surface area (Å²) in [5, 5.41) is 2.56. The lowest BCUT2D eigenvalue weighted by Crippen LogP contribution is -2.44. The van der Waals surface area contributed by atoms with Gasteiger partial charge >= 0.3 is 5.97 Å². The van der Waals surface area contributed by atoms with E-state index in [1.54, 1.807) is 0 Å². The molecule has 0 saturated heterocycles. The molecule has 1 aromatic heterocycles. The Kier molecular flexibility index (Phi) is 4.19. The highest BCUT2D eigenvalue weighted by Crippen LogP contribution is 2.18. The molecule has 0 aliphatic carbocycles. The summed E-state index contributed by atoms with van der Waals surface area (Å²) in [6.45, 7) is 0.244. The number of carbonyl (C=O) groups is 2. The summed E-state index contributed by atoms with van der Waals surface area (Å²) in [5.41, 5.74) is 2.76. The number of methoxy groups -OCH3 is 1. The average Bonchev–Trinajstić information content (AvgIpc) is 2.61. The maximum atomic E-state index is 12.6. The third kappa shape index (κ3) is 2.81. The van der Waals surface area contributed by atoms with Crippen molar-refractivity contribution in [2.24, 2.45) is 0 Å². The van der Waals surface area contributed by atoms with Gasteiger partial charge in [-0.05, 0) is 5.56 Å². The highest BCUT2D eigenvalue weighted by molar-refractivity contribution is 5.98. The molecular formula is C16H15N3O5. The lowest BCUT2D eigenvalue weighted by Gasteiger charge is -2.23. The zero-order valence-electron chi connectivity index (χ0n) is 12.9. The quantitative estimate of drug-likeness (QED) is 0.791. The predicted molar refractivity (Wildman–Crippen MR) is 84.5 cm³/mol. The summed E-state index contributed by atoms with van der Waals surface area (Å²) in [7, 11) is 1.18. The molecule has 8 nitrogen and oxygen atoms in total. The molecule has 124 valence electrons.